The first-order chi connectivity index (χ1) is 19.7. The Kier molecular flexibility index (Phi) is 9.72. The zero-order valence-corrected chi connectivity index (χ0v) is 24.3. The van der Waals surface area contributed by atoms with E-state index in [0.717, 1.165) is 11.1 Å². The van der Waals surface area contributed by atoms with E-state index >= 15 is 0 Å². The first-order valence-electron chi connectivity index (χ1n) is 12.8. The third-order valence-corrected chi connectivity index (χ3v) is 6.68. The monoisotopic (exact) mass is 593 g/mol. The summed E-state index contributed by atoms with van der Waals surface area (Å²) in [4.78, 5) is 47.1. The second-order valence-corrected chi connectivity index (χ2v) is 10.1. The van der Waals surface area contributed by atoms with Crippen LogP contribution in [0.1, 0.15) is 17.3 Å². The molecular weight excluding hydrogens is 565 g/mol. The molecule has 2 aromatic carbocycles. The van der Waals surface area contributed by atoms with Crippen LogP contribution in [0.25, 0.3) is 11.1 Å². The molecule has 2 heterocycles. The van der Waals surface area contributed by atoms with E-state index < -0.39 is 11.6 Å². The molecule has 0 aliphatic heterocycles. The number of pyridine rings is 1. The Hall–Kier alpha value is -4.25. The second-order valence-electron chi connectivity index (χ2n) is 9.30. The van der Waals surface area contributed by atoms with E-state index in [4.69, 9.17) is 23.2 Å². The molecule has 10 nitrogen and oxygen atoms in total. The summed E-state index contributed by atoms with van der Waals surface area (Å²) in [5, 5.41) is 9.80. The smallest absolute Gasteiger partial charge is 0.308 e. The Morgan fingerprint density at radius 2 is 1.59 bits per heavy atom. The predicted octanol–water partition coefficient (Wildman–Crippen LogP) is 5.48. The number of nitrogens with zero attached hydrogens (tertiary/aromatic N) is 5. The minimum atomic E-state index is -0.751. The standard InChI is InChI=1S/C29H29Cl2N7O3/c1-4-38-28(40)24(33-29(41)34-26-22(30)17-32-18-23(26)31)16-25(35-38)37(14-13-36(2)3)27(39)21-12-8-11-20(15-21)19-9-6-5-7-10-19/h5-12,15-18H,4,13-14H2,1-3H3,(H2,32,33,34,41). The molecule has 0 bridgehead atoms. The number of nitrogens with one attached hydrogen (secondary N) is 2. The number of carbonyl (C=O) groups is 2. The van der Waals surface area contributed by atoms with Crippen molar-refractivity contribution in [3.05, 3.63) is 99.0 Å². The Morgan fingerprint density at radius 3 is 2.24 bits per heavy atom. The van der Waals surface area contributed by atoms with Crippen LogP contribution in [0.4, 0.5) is 22.0 Å². The Balaban J connectivity index is 1.70. The van der Waals surface area contributed by atoms with Crippen molar-refractivity contribution in [2.45, 2.75) is 13.5 Å². The number of amides is 3. The number of benzene rings is 2. The van der Waals surface area contributed by atoms with Crippen LogP contribution in [0, 0.1) is 0 Å². The average Bonchev–Trinajstić information content (AvgIpc) is 2.97. The molecular formula is C29H29Cl2N7O3. The maximum Gasteiger partial charge on any atom is 0.323 e. The van der Waals surface area contributed by atoms with Gasteiger partial charge in [-0.25, -0.2) is 9.48 Å². The van der Waals surface area contributed by atoms with E-state index in [1.165, 1.54) is 28.0 Å². The quantitative estimate of drug-likeness (QED) is 0.265. The third kappa shape index (κ3) is 7.29. The summed E-state index contributed by atoms with van der Waals surface area (Å²) in [5.41, 5.74) is 1.86. The van der Waals surface area contributed by atoms with Crippen LogP contribution >= 0.6 is 23.2 Å². The van der Waals surface area contributed by atoms with Gasteiger partial charge in [-0.2, -0.15) is 5.10 Å². The Bertz CT molecular complexity index is 1590. The molecule has 2 aromatic heterocycles. The maximum absolute atomic E-state index is 13.9. The lowest BCUT2D eigenvalue weighted by molar-refractivity contribution is 0.0984. The van der Waals surface area contributed by atoms with Crippen molar-refractivity contribution in [3.8, 4) is 11.1 Å². The van der Waals surface area contributed by atoms with Crippen molar-refractivity contribution in [2.75, 3.05) is 42.7 Å². The predicted molar refractivity (Wildman–Crippen MR) is 163 cm³/mol. The van der Waals surface area contributed by atoms with Gasteiger partial charge >= 0.3 is 6.03 Å². The summed E-state index contributed by atoms with van der Waals surface area (Å²) < 4.78 is 1.19. The van der Waals surface area contributed by atoms with Gasteiger partial charge in [-0.1, -0.05) is 65.7 Å². The number of halogens is 2. The lowest BCUT2D eigenvalue weighted by Gasteiger charge is -2.25. The lowest BCUT2D eigenvalue weighted by Crippen LogP contribution is -2.39. The van der Waals surface area contributed by atoms with Crippen LogP contribution in [0.2, 0.25) is 10.0 Å². The summed E-state index contributed by atoms with van der Waals surface area (Å²) >= 11 is 12.2. The first kappa shape index (κ1) is 29.7. The number of hydrogen-bond acceptors (Lipinski definition) is 6. The summed E-state index contributed by atoms with van der Waals surface area (Å²) in [6.07, 6.45) is 2.66. The van der Waals surface area contributed by atoms with Gasteiger partial charge in [0.25, 0.3) is 11.5 Å². The summed E-state index contributed by atoms with van der Waals surface area (Å²) in [5.74, 6) is -0.0946. The fourth-order valence-corrected chi connectivity index (χ4v) is 4.46. The van der Waals surface area contributed by atoms with Crippen LogP contribution in [0.15, 0.2) is 77.9 Å². The minimum Gasteiger partial charge on any atom is -0.308 e. The largest absolute Gasteiger partial charge is 0.323 e. The number of likely N-dealkylation sites (N-methyl/N-ethyl adjacent to an activating group) is 1. The summed E-state index contributed by atoms with van der Waals surface area (Å²) in [6.45, 7) is 2.77. The fourth-order valence-electron chi connectivity index (χ4n) is 4.00. The molecule has 0 saturated carbocycles. The van der Waals surface area contributed by atoms with Gasteiger partial charge in [-0.15, -0.1) is 0 Å². The average molecular weight is 595 g/mol. The van der Waals surface area contributed by atoms with Crippen molar-refractivity contribution in [1.29, 1.82) is 0 Å². The Labute approximate surface area is 247 Å². The number of anilines is 3. The van der Waals surface area contributed by atoms with Crippen LogP contribution in [-0.4, -0.2) is 58.8 Å². The molecule has 212 valence electrons. The molecule has 0 saturated heterocycles. The highest BCUT2D eigenvalue weighted by molar-refractivity contribution is 6.39. The first-order valence-corrected chi connectivity index (χ1v) is 13.5. The van der Waals surface area contributed by atoms with E-state index in [9.17, 15) is 14.4 Å². The molecule has 0 aliphatic rings. The minimum absolute atomic E-state index is 0.0728. The van der Waals surface area contributed by atoms with Crippen LogP contribution in [-0.2, 0) is 6.54 Å². The van der Waals surface area contributed by atoms with Crippen molar-refractivity contribution >= 4 is 52.3 Å². The van der Waals surface area contributed by atoms with E-state index in [-0.39, 0.29) is 46.2 Å². The fraction of sp³-hybridized carbons (Fsp3) is 0.207. The normalized spacial score (nSPS) is 10.9. The van der Waals surface area contributed by atoms with Crippen LogP contribution < -0.4 is 21.1 Å². The van der Waals surface area contributed by atoms with Gasteiger partial charge in [0.15, 0.2) is 5.82 Å². The zero-order valence-electron chi connectivity index (χ0n) is 22.8. The number of aromatic nitrogens is 3. The van der Waals surface area contributed by atoms with Gasteiger partial charge in [0.05, 0.1) is 15.7 Å². The van der Waals surface area contributed by atoms with Gasteiger partial charge in [0.2, 0.25) is 0 Å². The molecule has 12 heteroatoms. The van der Waals surface area contributed by atoms with Crippen molar-refractivity contribution in [3.63, 3.8) is 0 Å². The summed E-state index contributed by atoms with van der Waals surface area (Å²) in [6, 6.07) is 17.7. The van der Waals surface area contributed by atoms with Crippen LogP contribution in [0.3, 0.4) is 0 Å². The van der Waals surface area contributed by atoms with E-state index in [1.807, 2.05) is 67.5 Å². The number of hydrogen-bond donors (Lipinski definition) is 2. The zero-order chi connectivity index (χ0) is 29.5. The Morgan fingerprint density at radius 1 is 0.902 bits per heavy atom. The number of carbonyl (C=O) groups excluding carboxylic acids is 2. The topological polar surface area (TPSA) is 112 Å². The number of rotatable bonds is 9. The third-order valence-electron chi connectivity index (χ3n) is 6.11. The van der Waals surface area contributed by atoms with Crippen LogP contribution in [0.5, 0.6) is 0 Å². The molecule has 0 spiro atoms. The van der Waals surface area contributed by atoms with E-state index in [1.54, 1.807) is 13.0 Å². The maximum atomic E-state index is 13.9. The van der Waals surface area contributed by atoms with Gasteiger partial charge in [0, 0.05) is 43.7 Å². The highest BCUT2D eigenvalue weighted by Gasteiger charge is 2.23. The SMILES string of the molecule is CCn1nc(N(CCN(C)C)C(=O)c2cccc(-c3ccccc3)c2)cc(NC(=O)Nc2c(Cl)cncc2Cl)c1=O. The molecule has 0 radical (unpaired) electrons. The molecule has 4 aromatic rings. The van der Waals surface area contributed by atoms with Crippen molar-refractivity contribution in [1.82, 2.24) is 19.7 Å². The van der Waals surface area contributed by atoms with E-state index in [0.29, 0.717) is 12.1 Å². The highest BCUT2D eigenvalue weighted by Crippen LogP contribution is 2.29. The molecule has 0 atom stereocenters. The molecule has 41 heavy (non-hydrogen) atoms. The van der Waals surface area contributed by atoms with Gasteiger partial charge in [-0.05, 0) is 44.3 Å². The summed E-state index contributed by atoms with van der Waals surface area (Å²) in [7, 11) is 3.79. The molecule has 2 N–H and O–H groups in total. The van der Waals surface area contributed by atoms with Gasteiger partial charge < -0.3 is 15.5 Å². The van der Waals surface area contributed by atoms with E-state index in [2.05, 4.69) is 20.7 Å². The number of aryl methyl sites for hydroxylation is 1. The molecule has 3 amide bonds. The number of urea groups is 1. The lowest BCUT2D eigenvalue weighted by atomic mass is 10.0. The second kappa shape index (κ2) is 13.4. The van der Waals surface area contributed by atoms with Crippen molar-refractivity contribution < 1.29 is 9.59 Å². The highest BCUT2D eigenvalue weighted by atomic mass is 35.5. The van der Waals surface area contributed by atoms with Crippen molar-refractivity contribution in [2.24, 2.45) is 0 Å². The van der Waals surface area contributed by atoms with Gasteiger partial charge in [-0.3, -0.25) is 19.5 Å². The molecule has 0 aliphatic carbocycles. The van der Waals surface area contributed by atoms with Gasteiger partial charge in [0.1, 0.15) is 5.69 Å². The molecule has 4 rings (SSSR count). The molecule has 0 unspecified atom stereocenters. The molecule has 0 fully saturated rings.